The van der Waals surface area contributed by atoms with Crippen LogP contribution in [0.15, 0.2) is 46.9 Å². The summed E-state index contributed by atoms with van der Waals surface area (Å²) in [7, 11) is 0. The molecule has 0 aliphatic heterocycles. The highest BCUT2D eigenvalue weighted by Gasteiger charge is 2.30. The van der Waals surface area contributed by atoms with Gasteiger partial charge in [0.05, 0.1) is 5.56 Å². The highest BCUT2D eigenvalue weighted by Crippen LogP contribution is 2.34. The van der Waals surface area contributed by atoms with Crippen LogP contribution in [0, 0.1) is 0 Å². The largest absolute Gasteiger partial charge is 0.416 e. The van der Waals surface area contributed by atoms with E-state index in [-0.39, 0.29) is 0 Å². The van der Waals surface area contributed by atoms with E-state index in [1.54, 1.807) is 12.1 Å². The number of benzene rings is 2. The number of hydrogen-bond donors (Lipinski definition) is 1. The predicted octanol–water partition coefficient (Wildman–Crippen LogP) is 5.73. The van der Waals surface area contributed by atoms with E-state index >= 15 is 0 Å². The van der Waals surface area contributed by atoms with Gasteiger partial charge in [0.15, 0.2) is 0 Å². The monoisotopic (exact) mass is 363 g/mol. The van der Waals surface area contributed by atoms with Crippen molar-refractivity contribution in [3.05, 3.63) is 63.1 Å². The van der Waals surface area contributed by atoms with Crippen LogP contribution in [0.5, 0.6) is 0 Å². The van der Waals surface area contributed by atoms with Crippen molar-refractivity contribution in [2.75, 3.05) is 5.32 Å². The maximum Gasteiger partial charge on any atom is 0.416 e. The molecule has 0 aliphatic rings. The van der Waals surface area contributed by atoms with E-state index in [2.05, 4.69) is 21.2 Å². The Bertz CT molecular complexity index is 596. The van der Waals surface area contributed by atoms with Crippen molar-refractivity contribution in [2.45, 2.75) is 12.7 Å². The Morgan fingerprint density at radius 2 is 1.70 bits per heavy atom. The van der Waals surface area contributed by atoms with Gasteiger partial charge in [-0.2, -0.15) is 13.2 Å². The zero-order valence-corrected chi connectivity index (χ0v) is 12.5. The number of alkyl halides is 3. The van der Waals surface area contributed by atoms with Gasteiger partial charge in [-0.25, -0.2) is 0 Å². The van der Waals surface area contributed by atoms with Gasteiger partial charge >= 0.3 is 6.18 Å². The SMILES string of the molecule is FC(F)(F)c1ccc(NCc2ccc(Cl)cc2)c(Br)c1. The topological polar surface area (TPSA) is 12.0 Å². The fourth-order valence-corrected chi connectivity index (χ4v) is 2.28. The molecular weight excluding hydrogens is 355 g/mol. The van der Waals surface area contributed by atoms with Crippen LogP contribution in [0.2, 0.25) is 5.02 Å². The molecule has 0 radical (unpaired) electrons. The van der Waals surface area contributed by atoms with E-state index < -0.39 is 11.7 Å². The summed E-state index contributed by atoms with van der Waals surface area (Å²) in [5, 5.41) is 3.71. The lowest BCUT2D eigenvalue weighted by Gasteiger charge is -2.12. The van der Waals surface area contributed by atoms with E-state index in [0.717, 1.165) is 17.7 Å². The molecule has 2 aromatic rings. The number of rotatable bonds is 3. The molecule has 0 heterocycles. The Balaban J connectivity index is 2.08. The van der Waals surface area contributed by atoms with Crippen molar-refractivity contribution in [1.82, 2.24) is 0 Å². The van der Waals surface area contributed by atoms with Crippen LogP contribution in [0.3, 0.4) is 0 Å². The van der Waals surface area contributed by atoms with Gasteiger partial charge in [-0.15, -0.1) is 0 Å². The number of nitrogens with one attached hydrogen (secondary N) is 1. The fourth-order valence-electron chi connectivity index (χ4n) is 1.63. The van der Waals surface area contributed by atoms with Crippen LogP contribution < -0.4 is 5.32 Å². The maximum atomic E-state index is 12.5. The second-order valence-electron chi connectivity index (χ2n) is 4.17. The Morgan fingerprint density at radius 3 is 2.25 bits per heavy atom. The third-order valence-corrected chi connectivity index (χ3v) is 3.60. The molecule has 2 aromatic carbocycles. The van der Waals surface area contributed by atoms with Crippen molar-refractivity contribution in [3.8, 4) is 0 Å². The summed E-state index contributed by atoms with van der Waals surface area (Å²) in [5.74, 6) is 0. The third kappa shape index (κ3) is 3.90. The molecule has 0 saturated heterocycles. The van der Waals surface area contributed by atoms with Gasteiger partial charge in [0, 0.05) is 21.7 Å². The van der Waals surface area contributed by atoms with Crippen LogP contribution in [-0.2, 0) is 12.7 Å². The van der Waals surface area contributed by atoms with Crippen molar-refractivity contribution >= 4 is 33.2 Å². The minimum absolute atomic E-state index is 0.376. The van der Waals surface area contributed by atoms with Gasteiger partial charge in [0.2, 0.25) is 0 Å². The van der Waals surface area contributed by atoms with Crippen molar-refractivity contribution in [1.29, 1.82) is 0 Å². The molecule has 1 nitrogen and oxygen atoms in total. The highest BCUT2D eigenvalue weighted by atomic mass is 79.9. The molecule has 6 heteroatoms. The molecule has 106 valence electrons. The zero-order chi connectivity index (χ0) is 14.8. The average molecular weight is 365 g/mol. The smallest absolute Gasteiger partial charge is 0.380 e. The molecule has 2 rings (SSSR count). The van der Waals surface area contributed by atoms with Crippen LogP contribution in [0.25, 0.3) is 0 Å². The standard InChI is InChI=1S/C14H10BrClF3N/c15-12-7-10(14(17,18)19)3-6-13(12)20-8-9-1-4-11(16)5-2-9/h1-7,20H,8H2. The summed E-state index contributed by atoms with van der Waals surface area (Å²) in [6, 6.07) is 10.8. The molecule has 20 heavy (non-hydrogen) atoms. The molecule has 1 N–H and O–H groups in total. The summed E-state index contributed by atoms with van der Waals surface area (Å²) < 4.78 is 38.0. The molecule has 0 bridgehead atoms. The Labute approximate surface area is 127 Å². The Kier molecular flexibility index (Phi) is 4.60. The lowest BCUT2D eigenvalue weighted by Crippen LogP contribution is -2.06. The van der Waals surface area contributed by atoms with Gasteiger partial charge in [-0.05, 0) is 51.8 Å². The van der Waals surface area contributed by atoms with Gasteiger partial charge in [0.25, 0.3) is 0 Å². The van der Waals surface area contributed by atoms with Crippen LogP contribution >= 0.6 is 27.5 Å². The second kappa shape index (κ2) is 6.06. The summed E-state index contributed by atoms with van der Waals surface area (Å²) in [5.41, 5.74) is 0.913. The molecular formula is C14H10BrClF3N. The molecule has 0 amide bonds. The lowest BCUT2D eigenvalue weighted by atomic mass is 10.2. The summed E-state index contributed by atoms with van der Waals surface area (Å²) in [6.45, 7) is 0.501. The van der Waals surface area contributed by atoms with E-state index in [4.69, 9.17) is 11.6 Å². The van der Waals surface area contributed by atoms with E-state index in [1.165, 1.54) is 6.07 Å². The first-order valence-electron chi connectivity index (χ1n) is 5.71. The first-order valence-corrected chi connectivity index (χ1v) is 6.88. The van der Waals surface area contributed by atoms with Crippen LogP contribution in [-0.4, -0.2) is 0 Å². The van der Waals surface area contributed by atoms with Gasteiger partial charge in [0.1, 0.15) is 0 Å². The normalized spacial score (nSPS) is 11.4. The lowest BCUT2D eigenvalue weighted by molar-refractivity contribution is -0.137. The number of halogens is 5. The number of anilines is 1. The van der Waals surface area contributed by atoms with Crippen molar-refractivity contribution in [3.63, 3.8) is 0 Å². The van der Waals surface area contributed by atoms with E-state index in [1.807, 2.05) is 12.1 Å². The average Bonchev–Trinajstić information content (AvgIpc) is 2.38. The molecule has 0 aliphatic carbocycles. The molecule has 0 atom stereocenters. The van der Waals surface area contributed by atoms with Crippen LogP contribution in [0.1, 0.15) is 11.1 Å². The quantitative estimate of drug-likeness (QED) is 0.733. The summed E-state index contributed by atoms with van der Waals surface area (Å²) in [6.07, 6.45) is -4.34. The number of hydrogen-bond acceptors (Lipinski definition) is 1. The minimum atomic E-state index is -4.34. The van der Waals surface area contributed by atoms with Gasteiger partial charge in [-0.1, -0.05) is 23.7 Å². The first kappa shape index (κ1) is 15.2. The Hall–Kier alpha value is -1.20. The Morgan fingerprint density at radius 1 is 1.05 bits per heavy atom. The second-order valence-corrected chi connectivity index (χ2v) is 5.46. The zero-order valence-electron chi connectivity index (χ0n) is 10.1. The third-order valence-electron chi connectivity index (χ3n) is 2.69. The molecule has 0 aromatic heterocycles. The molecule has 0 fully saturated rings. The molecule has 0 saturated carbocycles. The maximum absolute atomic E-state index is 12.5. The molecule has 0 unspecified atom stereocenters. The van der Waals surface area contributed by atoms with Gasteiger partial charge < -0.3 is 5.32 Å². The summed E-state index contributed by atoms with van der Waals surface area (Å²) in [4.78, 5) is 0. The van der Waals surface area contributed by atoms with Crippen LogP contribution in [0.4, 0.5) is 18.9 Å². The van der Waals surface area contributed by atoms with E-state index in [0.29, 0.717) is 21.7 Å². The van der Waals surface area contributed by atoms with E-state index in [9.17, 15) is 13.2 Å². The van der Waals surface area contributed by atoms with Gasteiger partial charge in [-0.3, -0.25) is 0 Å². The minimum Gasteiger partial charge on any atom is -0.380 e. The van der Waals surface area contributed by atoms with Crippen molar-refractivity contribution in [2.24, 2.45) is 0 Å². The first-order chi connectivity index (χ1) is 9.36. The predicted molar refractivity (Wildman–Crippen MR) is 77.9 cm³/mol. The van der Waals surface area contributed by atoms with Crippen molar-refractivity contribution < 1.29 is 13.2 Å². The highest BCUT2D eigenvalue weighted by molar-refractivity contribution is 9.10. The summed E-state index contributed by atoms with van der Waals surface area (Å²) >= 11 is 8.92. The fraction of sp³-hybridized carbons (Fsp3) is 0.143. The molecule has 0 spiro atoms.